The van der Waals surface area contributed by atoms with Crippen LogP contribution in [0.2, 0.25) is 0 Å². The number of methoxy groups -OCH3 is 2. The molecule has 3 rings (SSSR count). The monoisotopic (exact) mass is 443 g/mol. The number of unbranched alkanes of at least 4 members (excludes halogenated alkanes) is 1. The van der Waals surface area contributed by atoms with Crippen LogP contribution >= 0.6 is 0 Å². The molecular weight excluding hydrogens is 406 g/mol. The molecule has 0 aliphatic carbocycles. The smallest absolute Gasteiger partial charge is 0.409 e. The van der Waals surface area contributed by atoms with Crippen LogP contribution in [-0.4, -0.2) is 56.6 Å². The highest BCUT2D eigenvalue weighted by atomic mass is 16.5. The minimum absolute atomic E-state index is 0.250. The maximum atomic E-state index is 11.9. The number of benzene rings is 2. The van der Waals surface area contributed by atoms with Crippen LogP contribution in [0.25, 0.3) is 0 Å². The average Bonchev–Trinajstić information content (AvgIpc) is 3.21. The zero-order valence-electron chi connectivity index (χ0n) is 19.8. The van der Waals surface area contributed by atoms with Gasteiger partial charge in [-0.05, 0) is 55.4 Å². The molecule has 2 atom stereocenters. The van der Waals surface area contributed by atoms with E-state index in [-0.39, 0.29) is 18.6 Å². The molecular formula is C26H37NO5. The van der Waals surface area contributed by atoms with Crippen LogP contribution in [0.4, 0.5) is 4.79 Å². The standard InChI is InChI=1S/C24H31NO4.C2H6O/c1-18-16-25(24(26)28-3)17-21(18)20-12-13-22(27-2)23(15-20)29-14-8-7-11-19-9-5-4-6-10-19;1-2-3/h4-6,9-10,12-13,15,18,21H,7-8,11,14,16-17H2,1-3H3;3H,2H2,1H3/t18-,21+;/m0./s1. The molecule has 0 spiro atoms. The topological polar surface area (TPSA) is 68.2 Å². The lowest BCUT2D eigenvalue weighted by Crippen LogP contribution is -2.28. The summed E-state index contributed by atoms with van der Waals surface area (Å²) in [6.45, 7) is 6.12. The molecule has 0 bridgehead atoms. The number of carbonyl (C=O) groups is 1. The molecule has 0 aromatic heterocycles. The van der Waals surface area contributed by atoms with E-state index in [1.807, 2.05) is 12.1 Å². The van der Waals surface area contributed by atoms with Crippen molar-refractivity contribution in [3.05, 3.63) is 59.7 Å². The molecule has 32 heavy (non-hydrogen) atoms. The molecule has 6 nitrogen and oxygen atoms in total. The van der Waals surface area contributed by atoms with E-state index in [0.717, 1.165) is 30.8 Å². The Morgan fingerprint density at radius 3 is 2.44 bits per heavy atom. The number of nitrogens with zero attached hydrogens (tertiary/aromatic N) is 1. The van der Waals surface area contributed by atoms with Crippen molar-refractivity contribution in [3.63, 3.8) is 0 Å². The number of hydrogen-bond acceptors (Lipinski definition) is 5. The minimum Gasteiger partial charge on any atom is -0.493 e. The second-order valence-corrected chi connectivity index (χ2v) is 7.98. The third-order valence-corrected chi connectivity index (χ3v) is 5.62. The van der Waals surface area contributed by atoms with Crippen molar-refractivity contribution in [2.75, 3.05) is 40.5 Å². The zero-order valence-corrected chi connectivity index (χ0v) is 19.8. The van der Waals surface area contributed by atoms with Crippen molar-refractivity contribution in [2.45, 2.75) is 39.0 Å². The SMILES string of the molecule is CCO.COC(=O)N1C[C@H](C)[C@H](c2ccc(OC)c(OCCCCc3ccccc3)c2)C1. The zero-order chi connectivity index (χ0) is 23.3. The van der Waals surface area contributed by atoms with Gasteiger partial charge in [-0.1, -0.05) is 43.3 Å². The number of rotatable bonds is 8. The molecule has 0 radical (unpaired) electrons. The molecule has 176 valence electrons. The van der Waals surface area contributed by atoms with Crippen molar-refractivity contribution in [1.82, 2.24) is 4.90 Å². The van der Waals surface area contributed by atoms with Crippen LogP contribution in [0.1, 0.15) is 43.7 Å². The Kier molecular flexibility index (Phi) is 10.9. The second kappa shape index (κ2) is 13.6. The molecule has 0 saturated carbocycles. The second-order valence-electron chi connectivity index (χ2n) is 7.98. The third-order valence-electron chi connectivity index (χ3n) is 5.62. The van der Waals surface area contributed by atoms with Gasteiger partial charge in [0.2, 0.25) is 0 Å². The third kappa shape index (κ3) is 7.45. The maximum absolute atomic E-state index is 11.9. The van der Waals surface area contributed by atoms with Crippen LogP contribution in [0, 0.1) is 5.92 Å². The Bertz CT molecular complexity index is 811. The molecule has 2 aromatic carbocycles. The number of aliphatic hydroxyl groups excluding tert-OH is 1. The summed E-state index contributed by atoms with van der Waals surface area (Å²) >= 11 is 0. The number of aliphatic hydroxyl groups is 1. The van der Waals surface area contributed by atoms with E-state index in [9.17, 15) is 4.79 Å². The van der Waals surface area contributed by atoms with E-state index in [1.165, 1.54) is 18.2 Å². The van der Waals surface area contributed by atoms with Crippen molar-refractivity contribution >= 4 is 6.09 Å². The molecule has 1 fully saturated rings. The molecule has 1 N–H and O–H groups in total. The number of carbonyl (C=O) groups excluding carboxylic acids is 1. The molecule has 1 aliphatic rings. The number of ether oxygens (including phenoxy) is 3. The Hall–Kier alpha value is -2.73. The van der Waals surface area contributed by atoms with E-state index in [4.69, 9.17) is 19.3 Å². The van der Waals surface area contributed by atoms with Crippen molar-refractivity contribution in [3.8, 4) is 11.5 Å². The van der Waals surface area contributed by atoms with Crippen molar-refractivity contribution in [1.29, 1.82) is 0 Å². The summed E-state index contributed by atoms with van der Waals surface area (Å²) < 4.78 is 16.4. The van der Waals surface area contributed by atoms with E-state index in [2.05, 4.69) is 43.3 Å². The molecule has 2 aromatic rings. The predicted molar refractivity (Wildman–Crippen MR) is 127 cm³/mol. The van der Waals surface area contributed by atoms with E-state index in [1.54, 1.807) is 18.9 Å². The highest BCUT2D eigenvalue weighted by molar-refractivity contribution is 5.68. The lowest BCUT2D eigenvalue weighted by Gasteiger charge is -2.18. The van der Waals surface area contributed by atoms with Gasteiger partial charge in [0.05, 0.1) is 20.8 Å². The fourth-order valence-electron chi connectivity index (χ4n) is 3.97. The van der Waals surface area contributed by atoms with Gasteiger partial charge >= 0.3 is 6.09 Å². The van der Waals surface area contributed by atoms with Crippen LogP contribution < -0.4 is 9.47 Å². The maximum Gasteiger partial charge on any atom is 0.409 e. The normalized spacial score (nSPS) is 17.3. The van der Waals surface area contributed by atoms with Gasteiger partial charge in [-0.15, -0.1) is 0 Å². The summed E-state index contributed by atoms with van der Waals surface area (Å²) in [7, 11) is 3.09. The summed E-state index contributed by atoms with van der Waals surface area (Å²) in [6, 6.07) is 16.6. The first-order valence-electron chi connectivity index (χ1n) is 11.3. The van der Waals surface area contributed by atoms with Gasteiger partial charge in [0.15, 0.2) is 11.5 Å². The van der Waals surface area contributed by atoms with Gasteiger partial charge in [0.1, 0.15) is 0 Å². The lowest BCUT2D eigenvalue weighted by molar-refractivity contribution is 0.131. The van der Waals surface area contributed by atoms with E-state index < -0.39 is 0 Å². The van der Waals surface area contributed by atoms with Crippen molar-refractivity contribution in [2.24, 2.45) is 5.92 Å². The van der Waals surface area contributed by atoms with Crippen molar-refractivity contribution < 1.29 is 24.1 Å². The number of hydrogen-bond donors (Lipinski definition) is 1. The number of aryl methyl sites for hydroxylation is 1. The average molecular weight is 444 g/mol. The molecule has 1 amide bonds. The fourth-order valence-corrected chi connectivity index (χ4v) is 3.97. The van der Waals surface area contributed by atoms with E-state index >= 15 is 0 Å². The highest BCUT2D eigenvalue weighted by Crippen LogP contribution is 2.37. The Morgan fingerprint density at radius 1 is 1.06 bits per heavy atom. The largest absolute Gasteiger partial charge is 0.493 e. The van der Waals surface area contributed by atoms with Gasteiger partial charge < -0.3 is 24.2 Å². The first-order valence-corrected chi connectivity index (χ1v) is 11.3. The summed E-state index contributed by atoms with van der Waals surface area (Å²) in [4.78, 5) is 13.6. The Labute approximate surface area is 192 Å². The lowest BCUT2D eigenvalue weighted by atomic mass is 9.90. The molecule has 1 heterocycles. The molecule has 1 saturated heterocycles. The molecule has 1 aliphatic heterocycles. The minimum atomic E-state index is -0.261. The fraction of sp³-hybridized carbons (Fsp3) is 0.500. The van der Waals surface area contributed by atoms with Crippen LogP contribution in [0.5, 0.6) is 11.5 Å². The van der Waals surface area contributed by atoms with E-state index in [0.29, 0.717) is 25.6 Å². The summed E-state index contributed by atoms with van der Waals surface area (Å²) in [6.07, 6.45) is 2.87. The van der Waals surface area contributed by atoms with Gasteiger partial charge in [-0.3, -0.25) is 0 Å². The van der Waals surface area contributed by atoms with Gasteiger partial charge in [-0.2, -0.15) is 0 Å². The number of amides is 1. The first kappa shape index (κ1) is 25.5. The predicted octanol–water partition coefficient (Wildman–Crippen LogP) is 4.90. The molecule has 6 heteroatoms. The quantitative estimate of drug-likeness (QED) is 0.588. The van der Waals surface area contributed by atoms with Crippen LogP contribution in [0.3, 0.4) is 0 Å². The highest BCUT2D eigenvalue weighted by Gasteiger charge is 2.34. The van der Waals surface area contributed by atoms with Crippen LogP contribution in [0.15, 0.2) is 48.5 Å². The molecule has 0 unspecified atom stereocenters. The van der Waals surface area contributed by atoms with Gasteiger partial charge in [-0.25, -0.2) is 4.79 Å². The van der Waals surface area contributed by atoms with Crippen LogP contribution in [-0.2, 0) is 11.2 Å². The Balaban J connectivity index is 0.00000114. The summed E-state index contributed by atoms with van der Waals surface area (Å²) in [5, 5.41) is 7.57. The summed E-state index contributed by atoms with van der Waals surface area (Å²) in [5.74, 6) is 2.14. The van der Waals surface area contributed by atoms with Gasteiger partial charge in [0, 0.05) is 25.6 Å². The number of likely N-dealkylation sites (tertiary alicyclic amines) is 1. The summed E-state index contributed by atoms with van der Waals surface area (Å²) in [5.41, 5.74) is 2.53. The first-order chi connectivity index (χ1) is 15.5. The Morgan fingerprint density at radius 2 is 1.78 bits per heavy atom. The van der Waals surface area contributed by atoms with Gasteiger partial charge in [0.25, 0.3) is 0 Å².